The monoisotopic (exact) mass is 631 g/mol. The molecule has 4 aromatic carbocycles. The second kappa shape index (κ2) is 13.2. The van der Waals surface area contributed by atoms with Crippen molar-refractivity contribution in [1.29, 1.82) is 10.8 Å². The Morgan fingerprint density at radius 3 is 2.34 bits per heavy atom. The van der Waals surface area contributed by atoms with E-state index in [9.17, 15) is 9.90 Å². The van der Waals surface area contributed by atoms with Crippen molar-refractivity contribution in [2.24, 2.45) is 5.73 Å². The summed E-state index contributed by atoms with van der Waals surface area (Å²) in [7, 11) is 0. The summed E-state index contributed by atoms with van der Waals surface area (Å²) in [6, 6.07) is 25.2. The molecule has 5 aromatic rings. The SMILES string of the molecule is CC(=N)N1CCC(Oc2cc3c(cc2N(Cc2ccccc2)C(=O)O)nc(C(C)C)n3Cc2ccc(C(=N)N)c3ccccc23)CC1. The van der Waals surface area contributed by atoms with E-state index in [0.29, 0.717) is 48.0 Å². The molecule has 1 aromatic heterocycles. The van der Waals surface area contributed by atoms with E-state index in [0.717, 1.165) is 46.1 Å². The first-order valence-corrected chi connectivity index (χ1v) is 16.0. The molecule has 6 rings (SSSR count). The molecule has 0 unspecified atom stereocenters. The summed E-state index contributed by atoms with van der Waals surface area (Å²) in [6.45, 7) is 8.11. The minimum Gasteiger partial charge on any atom is -0.488 e. The number of amidine groups is 2. The van der Waals surface area contributed by atoms with Gasteiger partial charge in [0.1, 0.15) is 23.5 Å². The van der Waals surface area contributed by atoms with E-state index in [2.05, 4.69) is 24.5 Å². The number of benzene rings is 4. The van der Waals surface area contributed by atoms with Gasteiger partial charge in [-0.3, -0.25) is 15.7 Å². The number of nitrogens with one attached hydrogen (secondary N) is 2. The van der Waals surface area contributed by atoms with E-state index in [1.54, 1.807) is 6.92 Å². The van der Waals surface area contributed by atoms with Gasteiger partial charge in [-0.1, -0.05) is 80.6 Å². The van der Waals surface area contributed by atoms with E-state index < -0.39 is 6.09 Å². The number of hydrogen-bond acceptors (Lipinski definition) is 5. The maximum Gasteiger partial charge on any atom is 0.412 e. The van der Waals surface area contributed by atoms with E-state index in [4.69, 9.17) is 26.3 Å². The van der Waals surface area contributed by atoms with Gasteiger partial charge >= 0.3 is 6.09 Å². The van der Waals surface area contributed by atoms with E-state index in [1.807, 2.05) is 77.7 Å². The van der Waals surface area contributed by atoms with Crippen LogP contribution in [0.5, 0.6) is 5.75 Å². The standard InChI is InChI=1S/C37H41N7O3/c1-23(2)36-41-31-19-33(44(37(45)46)21-25-9-5-4-6-10-25)34(47-27-15-17-42(18-16-27)24(3)38)20-32(31)43(36)22-26-13-14-30(35(39)40)29-12-8-7-11-28(26)29/h4-14,19-20,23,27,38H,15-18,21-22H2,1-3H3,(H3,39,40)(H,45,46). The van der Waals surface area contributed by atoms with Crippen molar-refractivity contribution in [2.75, 3.05) is 18.0 Å². The van der Waals surface area contributed by atoms with Gasteiger partial charge in [-0.05, 0) is 34.9 Å². The number of aromatic nitrogens is 2. The molecule has 47 heavy (non-hydrogen) atoms. The van der Waals surface area contributed by atoms with Crippen molar-refractivity contribution in [2.45, 2.75) is 58.7 Å². The zero-order valence-electron chi connectivity index (χ0n) is 27.0. The van der Waals surface area contributed by atoms with Crippen molar-refractivity contribution >= 4 is 45.3 Å². The average molecular weight is 632 g/mol. The normalized spacial score (nSPS) is 13.7. The lowest BCUT2D eigenvalue weighted by molar-refractivity contribution is 0.131. The number of amides is 1. The Kier molecular flexibility index (Phi) is 8.84. The molecule has 2 heterocycles. The second-order valence-corrected chi connectivity index (χ2v) is 12.5. The van der Waals surface area contributed by atoms with Gasteiger partial charge in [-0.15, -0.1) is 0 Å². The molecule has 10 heteroatoms. The summed E-state index contributed by atoms with van der Waals surface area (Å²) >= 11 is 0. The molecule has 0 bridgehead atoms. The first-order chi connectivity index (χ1) is 22.6. The van der Waals surface area contributed by atoms with Crippen LogP contribution in [0, 0.1) is 10.8 Å². The summed E-state index contributed by atoms with van der Waals surface area (Å²) < 4.78 is 8.89. The zero-order chi connectivity index (χ0) is 33.2. The van der Waals surface area contributed by atoms with Crippen LogP contribution in [0.2, 0.25) is 0 Å². The molecule has 1 fully saturated rings. The number of imidazole rings is 1. The molecular weight excluding hydrogens is 590 g/mol. The summed E-state index contributed by atoms with van der Waals surface area (Å²) in [5, 5.41) is 28.5. The fourth-order valence-electron chi connectivity index (χ4n) is 6.49. The van der Waals surface area contributed by atoms with Gasteiger partial charge in [0.05, 0.1) is 29.1 Å². The van der Waals surface area contributed by atoms with Gasteiger partial charge < -0.3 is 25.0 Å². The summed E-state index contributed by atoms with van der Waals surface area (Å²) in [6.07, 6.45) is 0.251. The van der Waals surface area contributed by atoms with Crippen molar-refractivity contribution < 1.29 is 14.6 Å². The van der Waals surface area contributed by atoms with Gasteiger partial charge in [0.25, 0.3) is 0 Å². The third-order valence-corrected chi connectivity index (χ3v) is 8.92. The number of carboxylic acid groups (broad SMARTS) is 1. The van der Waals surface area contributed by atoms with Crippen LogP contribution < -0.4 is 15.4 Å². The predicted molar refractivity (Wildman–Crippen MR) is 187 cm³/mol. The Morgan fingerprint density at radius 1 is 1.02 bits per heavy atom. The van der Waals surface area contributed by atoms with E-state index in [1.165, 1.54) is 4.90 Å². The Morgan fingerprint density at radius 2 is 1.70 bits per heavy atom. The van der Waals surface area contributed by atoms with Crippen LogP contribution in [0.1, 0.15) is 62.0 Å². The third kappa shape index (κ3) is 6.49. The Labute approximate surface area is 274 Å². The highest BCUT2D eigenvalue weighted by molar-refractivity contribution is 6.08. The van der Waals surface area contributed by atoms with Gasteiger partial charge in [-0.25, -0.2) is 9.78 Å². The van der Waals surface area contributed by atoms with Crippen LogP contribution in [0.4, 0.5) is 10.5 Å². The number of rotatable bonds is 9. The number of anilines is 1. The van der Waals surface area contributed by atoms with Crippen molar-refractivity contribution in [1.82, 2.24) is 14.5 Å². The number of fused-ring (bicyclic) bond motifs is 2. The lowest BCUT2D eigenvalue weighted by Crippen LogP contribution is -2.40. The first-order valence-electron chi connectivity index (χ1n) is 16.0. The number of ether oxygens (including phenoxy) is 1. The number of nitrogens with two attached hydrogens (primary N) is 1. The van der Waals surface area contributed by atoms with Gasteiger partial charge in [0.2, 0.25) is 0 Å². The number of carbonyl (C=O) groups is 1. The smallest absolute Gasteiger partial charge is 0.412 e. The molecule has 5 N–H and O–H groups in total. The quantitative estimate of drug-likeness (QED) is 0.100. The van der Waals surface area contributed by atoms with Crippen LogP contribution >= 0.6 is 0 Å². The largest absolute Gasteiger partial charge is 0.488 e. The second-order valence-electron chi connectivity index (χ2n) is 12.5. The van der Waals surface area contributed by atoms with Crippen molar-refractivity contribution in [3.05, 3.63) is 101 Å². The third-order valence-electron chi connectivity index (χ3n) is 8.92. The van der Waals surface area contributed by atoms with Crippen LogP contribution in [0.3, 0.4) is 0 Å². The fourth-order valence-corrected chi connectivity index (χ4v) is 6.49. The number of likely N-dealkylation sites (tertiary alicyclic amines) is 1. The number of nitrogens with zero attached hydrogens (tertiary/aromatic N) is 4. The van der Waals surface area contributed by atoms with Crippen molar-refractivity contribution in [3.8, 4) is 5.75 Å². The highest BCUT2D eigenvalue weighted by Crippen LogP contribution is 2.38. The van der Waals surface area contributed by atoms with E-state index in [-0.39, 0.29) is 24.4 Å². The highest BCUT2D eigenvalue weighted by atomic mass is 16.5. The van der Waals surface area contributed by atoms with Crippen LogP contribution in [-0.2, 0) is 13.1 Å². The topological polar surface area (TPSA) is 145 Å². The number of piperidine rings is 1. The van der Waals surface area contributed by atoms with E-state index >= 15 is 0 Å². The van der Waals surface area contributed by atoms with Crippen LogP contribution in [0.25, 0.3) is 21.8 Å². The van der Waals surface area contributed by atoms with Gasteiger partial charge in [0.15, 0.2) is 0 Å². The first kappa shape index (κ1) is 31.6. The lowest BCUT2D eigenvalue weighted by atomic mass is 9.98. The van der Waals surface area contributed by atoms with Crippen molar-refractivity contribution in [3.63, 3.8) is 0 Å². The molecule has 0 radical (unpaired) electrons. The summed E-state index contributed by atoms with van der Waals surface area (Å²) in [4.78, 5) is 21.3. The molecule has 0 atom stereocenters. The number of nitrogen functional groups attached to an aromatic ring is 1. The minimum absolute atomic E-state index is 0.0260. The molecule has 0 aliphatic carbocycles. The Balaban J connectivity index is 1.48. The molecule has 1 aliphatic rings. The molecule has 242 valence electrons. The maximum absolute atomic E-state index is 12.8. The fraction of sp³-hybridized carbons (Fsp3) is 0.297. The molecular formula is C37H41N7O3. The number of hydrogen-bond donors (Lipinski definition) is 4. The molecule has 1 amide bonds. The van der Waals surface area contributed by atoms with Crippen LogP contribution in [0.15, 0.2) is 78.9 Å². The minimum atomic E-state index is -1.08. The zero-order valence-corrected chi connectivity index (χ0v) is 27.0. The maximum atomic E-state index is 12.8. The molecule has 10 nitrogen and oxygen atoms in total. The Bertz CT molecular complexity index is 1960. The highest BCUT2D eigenvalue weighted by Gasteiger charge is 2.27. The molecule has 0 spiro atoms. The molecule has 1 saturated heterocycles. The van der Waals surface area contributed by atoms with Gasteiger partial charge in [-0.2, -0.15) is 0 Å². The summed E-state index contributed by atoms with van der Waals surface area (Å²) in [5.74, 6) is 2.03. The molecule has 1 aliphatic heterocycles. The molecule has 0 saturated carbocycles. The lowest BCUT2D eigenvalue weighted by Gasteiger charge is -2.33. The van der Waals surface area contributed by atoms with Gasteiger partial charge in [0, 0.05) is 50.0 Å². The van der Waals surface area contributed by atoms with Crippen LogP contribution in [-0.4, -0.2) is 56.5 Å². The average Bonchev–Trinajstić information content (AvgIpc) is 3.41. The predicted octanol–water partition coefficient (Wildman–Crippen LogP) is 7.17. The summed E-state index contributed by atoms with van der Waals surface area (Å²) in [5.41, 5.74) is 10.5. The Hall–Kier alpha value is -5.38.